The van der Waals surface area contributed by atoms with Gasteiger partial charge >= 0.3 is 6.55 Å². The minimum atomic E-state index is -3.22. The van der Waals surface area contributed by atoms with Gasteiger partial charge in [0.15, 0.2) is 5.54 Å². The number of alkyl halides is 2. The van der Waals surface area contributed by atoms with Gasteiger partial charge in [-0.15, -0.1) is 0 Å². The van der Waals surface area contributed by atoms with Crippen LogP contribution in [0.15, 0.2) is 66.2 Å². The van der Waals surface area contributed by atoms with Crippen LogP contribution < -0.4 is 5.73 Å². The second kappa shape index (κ2) is 7.14. The first kappa shape index (κ1) is 19.4. The highest BCUT2D eigenvalue weighted by molar-refractivity contribution is 6.09. The van der Waals surface area contributed by atoms with Crippen molar-refractivity contribution in [2.75, 3.05) is 0 Å². The Hall–Kier alpha value is -3.95. The molecule has 0 saturated heterocycles. The number of benzene rings is 2. The zero-order chi connectivity index (χ0) is 21.5. The van der Waals surface area contributed by atoms with Gasteiger partial charge in [0.25, 0.3) is 5.91 Å². The molecule has 1 aromatic heterocycles. The smallest absolute Gasteiger partial charge is 0.323 e. The predicted octanol–water partition coefficient (Wildman–Crippen LogP) is 2.61. The van der Waals surface area contributed by atoms with E-state index in [1.807, 2.05) is 0 Å². The van der Waals surface area contributed by atoms with Gasteiger partial charge in [0.2, 0.25) is 5.96 Å². The van der Waals surface area contributed by atoms with E-state index in [9.17, 15) is 23.1 Å². The van der Waals surface area contributed by atoms with Crippen LogP contribution in [0.4, 0.5) is 13.2 Å². The van der Waals surface area contributed by atoms with Crippen molar-refractivity contribution in [3.05, 3.63) is 78.1 Å². The molecule has 152 valence electrons. The van der Waals surface area contributed by atoms with Crippen molar-refractivity contribution in [3.8, 4) is 16.9 Å². The van der Waals surface area contributed by atoms with Crippen molar-refractivity contribution in [2.24, 2.45) is 10.7 Å². The SMILES string of the molecule is NC1=NC(c2ccc(O)cc2)(c2ccc(F)c(-c3cncnc3)c2)C(=O)N1C(F)F. The summed E-state index contributed by atoms with van der Waals surface area (Å²) in [6.07, 6.45) is 4.03. The highest BCUT2D eigenvalue weighted by Gasteiger charge is 2.53. The number of amides is 1. The van der Waals surface area contributed by atoms with E-state index >= 15 is 0 Å². The second-order valence-corrected chi connectivity index (χ2v) is 6.50. The molecule has 1 unspecified atom stereocenters. The molecule has 0 aliphatic carbocycles. The molecule has 30 heavy (non-hydrogen) atoms. The molecule has 3 aromatic rings. The quantitative estimate of drug-likeness (QED) is 0.640. The van der Waals surface area contributed by atoms with Crippen LogP contribution in [0, 0.1) is 5.82 Å². The van der Waals surface area contributed by atoms with Crippen molar-refractivity contribution in [1.29, 1.82) is 0 Å². The van der Waals surface area contributed by atoms with E-state index < -0.39 is 29.8 Å². The van der Waals surface area contributed by atoms with Crippen molar-refractivity contribution in [2.45, 2.75) is 12.1 Å². The highest BCUT2D eigenvalue weighted by Crippen LogP contribution is 2.42. The fourth-order valence-corrected chi connectivity index (χ4v) is 3.40. The van der Waals surface area contributed by atoms with Crippen LogP contribution >= 0.6 is 0 Å². The topological polar surface area (TPSA) is 105 Å². The predicted molar refractivity (Wildman–Crippen MR) is 101 cm³/mol. The minimum Gasteiger partial charge on any atom is -0.508 e. The first-order valence-electron chi connectivity index (χ1n) is 8.66. The molecule has 1 aliphatic heterocycles. The van der Waals surface area contributed by atoms with Crippen LogP contribution in [-0.4, -0.2) is 38.4 Å². The average molecular weight is 413 g/mol. The second-order valence-electron chi connectivity index (χ2n) is 6.50. The summed E-state index contributed by atoms with van der Waals surface area (Å²) in [4.78, 5) is 25.0. The number of aromatic nitrogens is 2. The third kappa shape index (κ3) is 2.93. The van der Waals surface area contributed by atoms with Gasteiger partial charge in [-0.05, 0) is 35.4 Å². The number of halogens is 3. The average Bonchev–Trinajstić information content (AvgIpc) is 3.00. The van der Waals surface area contributed by atoms with Gasteiger partial charge in [-0.1, -0.05) is 18.2 Å². The molecule has 4 rings (SSSR count). The van der Waals surface area contributed by atoms with E-state index in [1.165, 1.54) is 55.1 Å². The fourth-order valence-electron chi connectivity index (χ4n) is 3.40. The molecular formula is C20H14F3N5O2. The number of hydrogen-bond acceptors (Lipinski definition) is 6. The molecule has 0 spiro atoms. The summed E-state index contributed by atoms with van der Waals surface area (Å²) >= 11 is 0. The van der Waals surface area contributed by atoms with Gasteiger partial charge in [0, 0.05) is 23.5 Å². The molecular weight excluding hydrogens is 399 g/mol. The van der Waals surface area contributed by atoms with Crippen molar-refractivity contribution in [1.82, 2.24) is 14.9 Å². The van der Waals surface area contributed by atoms with E-state index in [-0.39, 0.29) is 27.3 Å². The maximum absolute atomic E-state index is 14.5. The van der Waals surface area contributed by atoms with Gasteiger partial charge in [-0.25, -0.2) is 24.3 Å². The maximum Gasteiger partial charge on any atom is 0.323 e. The van der Waals surface area contributed by atoms with Crippen LogP contribution in [0.3, 0.4) is 0 Å². The van der Waals surface area contributed by atoms with Gasteiger partial charge in [0.05, 0.1) is 0 Å². The number of aromatic hydroxyl groups is 1. The fraction of sp³-hybridized carbons (Fsp3) is 0.100. The number of guanidine groups is 1. The Labute approximate surface area is 168 Å². The molecule has 2 heterocycles. The lowest BCUT2D eigenvalue weighted by atomic mass is 9.81. The summed E-state index contributed by atoms with van der Waals surface area (Å²) in [6.45, 7) is -3.22. The number of nitrogens with two attached hydrogens (primary N) is 1. The maximum atomic E-state index is 14.5. The Morgan fingerprint density at radius 3 is 2.27 bits per heavy atom. The summed E-state index contributed by atoms with van der Waals surface area (Å²) in [5.74, 6) is -2.48. The summed E-state index contributed by atoms with van der Waals surface area (Å²) < 4.78 is 41.6. The van der Waals surface area contributed by atoms with Crippen molar-refractivity contribution >= 4 is 11.9 Å². The van der Waals surface area contributed by atoms with E-state index in [2.05, 4.69) is 15.0 Å². The Balaban J connectivity index is 1.97. The lowest BCUT2D eigenvalue weighted by molar-refractivity contribution is -0.139. The van der Waals surface area contributed by atoms with Crippen molar-refractivity contribution < 1.29 is 23.1 Å². The van der Waals surface area contributed by atoms with Crippen LogP contribution in [0.2, 0.25) is 0 Å². The van der Waals surface area contributed by atoms with Gasteiger partial charge in [0.1, 0.15) is 17.9 Å². The zero-order valence-electron chi connectivity index (χ0n) is 15.2. The van der Waals surface area contributed by atoms with Crippen LogP contribution in [0.5, 0.6) is 5.75 Å². The van der Waals surface area contributed by atoms with Gasteiger partial charge in [-0.3, -0.25) is 4.79 Å². The van der Waals surface area contributed by atoms with Crippen molar-refractivity contribution in [3.63, 3.8) is 0 Å². The molecule has 0 bridgehead atoms. The number of nitrogens with zero attached hydrogens (tertiary/aromatic N) is 4. The zero-order valence-corrected chi connectivity index (χ0v) is 15.2. The number of phenolic OH excluding ortho intramolecular Hbond substituents is 1. The summed E-state index contributed by atoms with van der Waals surface area (Å²) in [5, 5.41) is 9.60. The summed E-state index contributed by atoms with van der Waals surface area (Å²) in [7, 11) is 0. The number of carbonyl (C=O) groups is 1. The molecule has 10 heteroatoms. The lowest BCUT2D eigenvalue weighted by Gasteiger charge is -2.27. The minimum absolute atomic E-state index is 0.0586. The molecule has 1 amide bonds. The summed E-state index contributed by atoms with van der Waals surface area (Å²) in [5.41, 5.74) is 4.36. The molecule has 1 atom stereocenters. The standard InChI is InChI=1S/C20H14F3N5O2/c21-16-6-3-13(7-15(16)11-8-25-10-26-9-11)20(12-1-4-14(29)5-2-12)17(30)28(18(22)23)19(24)27-20/h1-10,18,29H,(H2,24,27). The van der Waals surface area contributed by atoms with Crippen LogP contribution in [-0.2, 0) is 10.3 Å². The van der Waals surface area contributed by atoms with E-state index in [0.29, 0.717) is 5.56 Å². The van der Waals surface area contributed by atoms with Gasteiger partial charge in [-0.2, -0.15) is 8.78 Å². The Morgan fingerprint density at radius 1 is 1.03 bits per heavy atom. The molecule has 0 radical (unpaired) electrons. The van der Waals surface area contributed by atoms with E-state index in [4.69, 9.17) is 5.73 Å². The number of hydrogen-bond donors (Lipinski definition) is 2. The number of rotatable bonds is 4. The van der Waals surface area contributed by atoms with Crippen LogP contribution in [0.25, 0.3) is 11.1 Å². The Morgan fingerprint density at radius 2 is 1.67 bits per heavy atom. The molecule has 3 N–H and O–H groups in total. The first-order chi connectivity index (χ1) is 14.3. The van der Waals surface area contributed by atoms with Gasteiger partial charge < -0.3 is 10.8 Å². The highest BCUT2D eigenvalue weighted by atomic mass is 19.3. The molecule has 0 fully saturated rings. The monoisotopic (exact) mass is 413 g/mol. The third-order valence-corrected chi connectivity index (χ3v) is 4.79. The number of aliphatic imine (C=N–C) groups is 1. The third-order valence-electron chi connectivity index (χ3n) is 4.79. The number of phenols is 1. The summed E-state index contributed by atoms with van der Waals surface area (Å²) in [6, 6.07) is 9.02. The first-order valence-corrected chi connectivity index (χ1v) is 8.66. The molecule has 2 aromatic carbocycles. The molecule has 7 nitrogen and oxygen atoms in total. The van der Waals surface area contributed by atoms with E-state index in [1.54, 1.807) is 0 Å². The number of carbonyl (C=O) groups excluding carboxylic acids is 1. The molecule has 1 aliphatic rings. The Kier molecular flexibility index (Phi) is 4.61. The lowest BCUT2D eigenvalue weighted by Crippen LogP contribution is -2.46. The largest absolute Gasteiger partial charge is 0.508 e. The Bertz CT molecular complexity index is 1140. The van der Waals surface area contributed by atoms with Crippen LogP contribution in [0.1, 0.15) is 11.1 Å². The normalized spacial score (nSPS) is 18.7. The van der Waals surface area contributed by atoms with E-state index in [0.717, 1.165) is 6.07 Å². The molecule has 0 saturated carbocycles.